The van der Waals surface area contributed by atoms with Gasteiger partial charge in [0, 0.05) is 18.2 Å². The number of carbonyl (C=O) groups is 1. The lowest BCUT2D eigenvalue weighted by atomic mass is 10.00. The second-order valence-corrected chi connectivity index (χ2v) is 5.03. The van der Waals surface area contributed by atoms with Gasteiger partial charge in [-0.15, -0.1) is 0 Å². The van der Waals surface area contributed by atoms with Gasteiger partial charge >= 0.3 is 0 Å². The number of amides is 1. The van der Waals surface area contributed by atoms with Crippen molar-refractivity contribution in [3.63, 3.8) is 0 Å². The minimum absolute atomic E-state index is 0.0154. The van der Waals surface area contributed by atoms with E-state index in [1.165, 1.54) is 0 Å². The Morgan fingerprint density at radius 2 is 2.24 bits per heavy atom. The molecule has 0 radical (unpaired) electrons. The fraction of sp³-hybridized carbons (Fsp3) is 0.538. The van der Waals surface area contributed by atoms with E-state index < -0.39 is 0 Å². The van der Waals surface area contributed by atoms with Crippen molar-refractivity contribution in [2.45, 2.75) is 45.2 Å². The van der Waals surface area contributed by atoms with Crippen molar-refractivity contribution in [3.8, 4) is 0 Å². The first-order valence-corrected chi connectivity index (χ1v) is 5.88. The lowest BCUT2D eigenvalue weighted by Crippen LogP contribution is -2.35. The maximum absolute atomic E-state index is 11.7. The molecule has 0 aliphatic heterocycles. The van der Waals surface area contributed by atoms with Gasteiger partial charge in [0.2, 0.25) is 5.91 Å². The molecule has 1 heterocycles. The van der Waals surface area contributed by atoms with Crippen molar-refractivity contribution in [2.24, 2.45) is 5.73 Å². The molecule has 1 aromatic heterocycles. The smallest absolute Gasteiger partial charge is 0.220 e. The molecule has 0 aromatic carbocycles. The summed E-state index contributed by atoms with van der Waals surface area (Å²) in [5, 5.41) is 2.91. The summed E-state index contributed by atoms with van der Waals surface area (Å²) in [5.41, 5.74) is 6.40. The van der Waals surface area contributed by atoms with Crippen molar-refractivity contribution in [3.05, 3.63) is 30.1 Å². The molecule has 4 nitrogen and oxygen atoms in total. The first-order valence-electron chi connectivity index (χ1n) is 5.88. The van der Waals surface area contributed by atoms with E-state index in [0.717, 1.165) is 5.69 Å². The van der Waals surface area contributed by atoms with E-state index in [-0.39, 0.29) is 17.5 Å². The summed E-state index contributed by atoms with van der Waals surface area (Å²) >= 11 is 0. The van der Waals surface area contributed by atoms with Gasteiger partial charge < -0.3 is 11.1 Å². The molecule has 0 saturated heterocycles. The predicted octanol–water partition coefficient (Wildman–Crippen LogP) is 1.78. The van der Waals surface area contributed by atoms with Crippen LogP contribution < -0.4 is 11.1 Å². The van der Waals surface area contributed by atoms with Crippen LogP contribution in [0.2, 0.25) is 0 Å². The standard InChI is InChI=1S/C13H21N3O/c1-10(11-6-4-5-9-15-11)16-12(17)7-8-13(2,3)14/h4-6,9-10H,7-8,14H2,1-3H3,(H,16,17)/t10-/m0/s1. The van der Waals surface area contributed by atoms with E-state index >= 15 is 0 Å². The lowest BCUT2D eigenvalue weighted by molar-refractivity contribution is -0.122. The van der Waals surface area contributed by atoms with Gasteiger partial charge in [-0.2, -0.15) is 0 Å². The zero-order valence-corrected chi connectivity index (χ0v) is 10.7. The van der Waals surface area contributed by atoms with Crippen molar-refractivity contribution in [2.75, 3.05) is 0 Å². The van der Waals surface area contributed by atoms with E-state index in [0.29, 0.717) is 12.8 Å². The Morgan fingerprint density at radius 1 is 1.53 bits per heavy atom. The maximum atomic E-state index is 11.7. The van der Waals surface area contributed by atoms with Crippen molar-refractivity contribution in [1.82, 2.24) is 10.3 Å². The Balaban J connectivity index is 2.42. The highest BCUT2D eigenvalue weighted by Gasteiger charge is 2.15. The first kappa shape index (κ1) is 13.6. The van der Waals surface area contributed by atoms with Crippen molar-refractivity contribution < 1.29 is 4.79 Å². The predicted molar refractivity (Wildman–Crippen MR) is 68.3 cm³/mol. The Morgan fingerprint density at radius 3 is 2.76 bits per heavy atom. The molecule has 0 aliphatic rings. The molecule has 1 aromatic rings. The molecule has 1 amide bonds. The molecule has 0 spiro atoms. The molecule has 17 heavy (non-hydrogen) atoms. The van der Waals surface area contributed by atoms with Gasteiger partial charge in [0.1, 0.15) is 0 Å². The fourth-order valence-corrected chi connectivity index (χ4v) is 1.46. The Bertz CT molecular complexity index is 357. The summed E-state index contributed by atoms with van der Waals surface area (Å²) in [6.45, 7) is 5.76. The van der Waals surface area contributed by atoms with E-state index in [2.05, 4.69) is 10.3 Å². The van der Waals surface area contributed by atoms with Crippen LogP contribution in [-0.4, -0.2) is 16.4 Å². The molecule has 1 rings (SSSR count). The topological polar surface area (TPSA) is 68.0 Å². The Labute approximate surface area is 103 Å². The number of nitrogens with two attached hydrogens (primary N) is 1. The van der Waals surface area contributed by atoms with Crippen LogP contribution in [0.3, 0.4) is 0 Å². The summed E-state index contributed by atoms with van der Waals surface area (Å²) in [4.78, 5) is 15.9. The van der Waals surface area contributed by atoms with Crippen LogP contribution in [0.4, 0.5) is 0 Å². The molecule has 3 N–H and O–H groups in total. The fourth-order valence-electron chi connectivity index (χ4n) is 1.46. The van der Waals surface area contributed by atoms with Gasteiger partial charge in [0.05, 0.1) is 11.7 Å². The zero-order valence-electron chi connectivity index (χ0n) is 10.7. The number of pyridine rings is 1. The van der Waals surface area contributed by atoms with Crippen LogP contribution in [0.25, 0.3) is 0 Å². The summed E-state index contributed by atoms with van der Waals surface area (Å²) in [6.07, 6.45) is 2.84. The van der Waals surface area contributed by atoms with Crippen LogP contribution in [-0.2, 0) is 4.79 Å². The van der Waals surface area contributed by atoms with Gasteiger partial charge in [-0.3, -0.25) is 9.78 Å². The number of nitrogens with one attached hydrogen (secondary N) is 1. The number of carbonyl (C=O) groups excluding carboxylic acids is 1. The summed E-state index contributed by atoms with van der Waals surface area (Å²) in [6, 6.07) is 5.60. The first-order chi connectivity index (χ1) is 7.88. The number of aromatic nitrogens is 1. The van der Waals surface area contributed by atoms with Gasteiger partial charge in [0.15, 0.2) is 0 Å². The molecule has 0 bridgehead atoms. The largest absolute Gasteiger partial charge is 0.348 e. The number of rotatable bonds is 5. The third kappa shape index (κ3) is 5.45. The molecule has 0 saturated carbocycles. The zero-order chi connectivity index (χ0) is 12.9. The van der Waals surface area contributed by atoms with Gasteiger partial charge in [-0.1, -0.05) is 6.07 Å². The summed E-state index contributed by atoms with van der Waals surface area (Å²) in [7, 11) is 0. The van der Waals surface area contributed by atoms with Crippen LogP contribution in [0.15, 0.2) is 24.4 Å². The minimum Gasteiger partial charge on any atom is -0.348 e. The quantitative estimate of drug-likeness (QED) is 0.817. The molecule has 4 heteroatoms. The maximum Gasteiger partial charge on any atom is 0.220 e. The third-order valence-electron chi connectivity index (χ3n) is 2.51. The second-order valence-electron chi connectivity index (χ2n) is 5.03. The van der Waals surface area contributed by atoms with E-state index in [4.69, 9.17) is 5.73 Å². The molecule has 94 valence electrons. The van der Waals surface area contributed by atoms with E-state index in [9.17, 15) is 4.79 Å². The molecule has 1 atom stereocenters. The van der Waals surface area contributed by atoms with E-state index in [1.54, 1.807) is 6.20 Å². The van der Waals surface area contributed by atoms with Gasteiger partial charge in [-0.25, -0.2) is 0 Å². The Hall–Kier alpha value is -1.42. The van der Waals surface area contributed by atoms with Crippen molar-refractivity contribution in [1.29, 1.82) is 0 Å². The highest BCUT2D eigenvalue weighted by Crippen LogP contribution is 2.10. The normalized spacial score (nSPS) is 13.2. The summed E-state index contributed by atoms with van der Waals surface area (Å²) in [5.74, 6) is 0.0154. The van der Waals surface area contributed by atoms with Crippen LogP contribution in [0.1, 0.15) is 45.3 Å². The molecule has 0 unspecified atom stereocenters. The second kappa shape index (κ2) is 5.77. The molecule has 0 aliphatic carbocycles. The lowest BCUT2D eigenvalue weighted by Gasteiger charge is -2.19. The van der Waals surface area contributed by atoms with Gasteiger partial charge in [-0.05, 0) is 39.3 Å². The number of hydrogen-bond donors (Lipinski definition) is 2. The number of nitrogens with zero attached hydrogens (tertiary/aromatic N) is 1. The average molecular weight is 235 g/mol. The third-order valence-corrected chi connectivity index (χ3v) is 2.51. The van der Waals surface area contributed by atoms with Gasteiger partial charge in [0.25, 0.3) is 0 Å². The van der Waals surface area contributed by atoms with Crippen LogP contribution in [0, 0.1) is 0 Å². The number of hydrogen-bond acceptors (Lipinski definition) is 3. The van der Waals surface area contributed by atoms with Crippen LogP contribution >= 0.6 is 0 Å². The monoisotopic (exact) mass is 235 g/mol. The Kier molecular flexibility index (Phi) is 4.63. The summed E-state index contributed by atoms with van der Waals surface area (Å²) < 4.78 is 0. The molecular formula is C13H21N3O. The average Bonchev–Trinajstić information content (AvgIpc) is 2.27. The SMILES string of the molecule is C[C@H](NC(=O)CCC(C)(C)N)c1ccccn1. The van der Waals surface area contributed by atoms with Crippen molar-refractivity contribution >= 4 is 5.91 Å². The molecular weight excluding hydrogens is 214 g/mol. The highest BCUT2D eigenvalue weighted by atomic mass is 16.1. The van der Waals surface area contributed by atoms with Crippen LogP contribution in [0.5, 0.6) is 0 Å². The molecule has 0 fully saturated rings. The van der Waals surface area contributed by atoms with E-state index in [1.807, 2.05) is 39.0 Å². The highest BCUT2D eigenvalue weighted by molar-refractivity contribution is 5.76. The minimum atomic E-state index is -0.300.